The molecule has 1 N–H and O–H groups in total. The lowest BCUT2D eigenvalue weighted by atomic mass is 10.00. The average molecular weight is 495 g/mol. The van der Waals surface area contributed by atoms with Crippen molar-refractivity contribution < 1.29 is 19.1 Å². The first-order chi connectivity index (χ1) is 16.8. The quantitative estimate of drug-likeness (QED) is 0.573. The van der Waals surface area contributed by atoms with Gasteiger partial charge in [0.25, 0.3) is 5.91 Å². The lowest BCUT2D eigenvalue weighted by Gasteiger charge is -2.35. The second-order valence-electron chi connectivity index (χ2n) is 9.83. The van der Waals surface area contributed by atoms with Crippen LogP contribution in [0.2, 0.25) is 0 Å². The minimum absolute atomic E-state index is 0.0681. The standard InChI is InChI=1S/C26H30N4O4S/c1-26(2,3)34-25(32)30-13-11-29(12-14-30)24-28-20-9-8-17(16-22(20)35-24)23(31)27-19-10-15-33-21-7-5-4-6-18(19)21/h4-9,16,19H,10-15H2,1-3H3,(H,27,31)/t19-/m0/s1. The van der Waals surface area contributed by atoms with Crippen molar-refractivity contribution in [3.8, 4) is 5.75 Å². The molecule has 1 aromatic heterocycles. The Labute approximate surface area is 208 Å². The average Bonchev–Trinajstić information content (AvgIpc) is 3.27. The molecule has 9 heteroatoms. The Bertz CT molecular complexity index is 1240. The summed E-state index contributed by atoms with van der Waals surface area (Å²) in [6.07, 6.45) is 0.467. The topological polar surface area (TPSA) is 84.0 Å². The third-order valence-corrected chi connectivity index (χ3v) is 7.18. The fraction of sp³-hybridized carbons (Fsp3) is 0.423. The first-order valence-electron chi connectivity index (χ1n) is 11.9. The summed E-state index contributed by atoms with van der Waals surface area (Å²) in [7, 11) is 0. The number of rotatable bonds is 3. The van der Waals surface area contributed by atoms with Gasteiger partial charge in [0.2, 0.25) is 0 Å². The molecule has 0 unspecified atom stereocenters. The smallest absolute Gasteiger partial charge is 0.410 e. The Hall–Kier alpha value is -3.33. The van der Waals surface area contributed by atoms with Gasteiger partial charge in [-0.2, -0.15) is 0 Å². The van der Waals surface area contributed by atoms with Gasteiger partial charge in [0, 0.05) is 43.7 Å². The molecule has 1 saturated heterocycles. The zero-order chi connectivity index (χ0) is 24.6. The lowest BCUT2D eigenvalue weighted by molar-refractivity contribution is 0.0240. The summed E-state index contributed by atoms with van der Waals surface area (Å²) in [4.78, 5) is 34.1. The lowest BCUT2D eigenvalue weighted by Crippen LogP contribution is -2.50. The van der Waals surface area contributed by atoms with E-state index >= 15 is 0 Å². The molecule has 5 rings (SSSR count). The van der Waals surface area contributed by atoms with Crippen LogP contribution in [0, 0.1) is 0 Å². The van der Waals surface area contributed by atoms with E-state index in [2.05, 4.69) is 10.2 Å². The number of fused-ring (bicyclic) bond motifs is 2. The molecule has 35 heavy (non-hydrogen) atoms. The number of carbonyl (C=O) groups excluding carboxylic acids is 2. The van der Waals surface area contributed by atoms with Gasteiger partial charge < -0.3 is 24.6 Å². The van der Waals surface area contributed by atoms with Crippen molar-refractivity contribution in [2.24, 2.45) is 0 Å². The van der Waals surface area contributed by atoms with E-state index in [9.17, 15) is 9.59 Å². The third kappa shape index (κ3) is 5.19. The summed E-state index contributed by atoms with van der Waals surface area (Å²) in [6.45, 7) is 8.76. The molecule has 8 nitrogen and oxygen atoms in total. The van der Waals surface area contributed by atoms with Gasteiger partial charge in [0.15, 0.2) is 5.13 Å². The molecule has 3 heterocycles. The molecular formula is C26H30N4O4S. The van der Waals surface area contributed by atoms with Crippen LogP contribution in [0.4, 0.5) is 9.93 Å². The van der Waals surface area contributed by atoms with E-state index in [0.29, 0.717) is 38.3 Å². The van der Waals surface area contributed by atoms with Crippen LogP contribution in [-0.4, -0.2) is 60.3 Å². The zero-order valence-corrected chi connectivity index (χ0v) is 21.1. The fourth-order valence-electron chi connectivity index (χ4n) is 4.33. The summed E-state index contributed by atoms with van der Waals surface area (Å²) in [5, 5.41) is 4.07. The molecule has 0 spiro atoms. The van der Waals surface area contributed by atoms with E-state index < -0.39 is 5.60 Å². The number of thiazole rings is 1. The maximum absolute atomic E-state index is 13.0. The number of nitrogens with one attached hydrogen (secondary N) is 1. The van der Waals surface area contributed by atoms with E-state index in [0.717, 1.165) is 33.1 Å². The number of para-hydroxylation sites is 1. The van der Waals surface area contributed by atoms with Crippen molar-refractivity contribution in [1.29, 1.82) is 0 Å². The van der Waals surface area contributed by atoms with Gasteiger partial charge in [0.1, 0.15) is 11.4 Å². The number of piperazine rings is 1. The van der Waals surface area contributed by atoms with Crippen molar-refractivity contribution in [2.45, 2.75) is 38.8 Å². The summed E-state index contributed by atoms with van der Waals surface area (Å²) < 4.78 is 12.2. The molecule has 184 valence electrons. The molecule has 0 radical (unpaired) electrons. The molecule has 2 aliphatic heterocycles. The molecular weight excluding hydrogens is 464 g/mol. The maximum atomic E-state index is 13.0. The minimum atomic E-state index is -0.501. The molecule has 1 atom stereocenters. The second-order valence-corrected chi connectivity index (χ2v) is 10.8. The van der Waals surface area contributed by atoms with Gasteiger partial charge in [0.05, 0.1) is 22.9 Å². The number of amides is 2. The van der Waals surface area contributed by atoms with E-state index in [-0.39, 0.29) is 18.0 Å². The van der Waals surface area contributed by atoms with Crippen molar-refractivity contribution in [3.63, 3.8) is 0 Å². The first kappa shape index (κ1) is 23.4. The van der Waals surface area contributed by atoms with Gasteiger partial charge in [-0.05, 0) is 45.0 Å². The van der Waals surface area contributed by atoms with Gasteiger partial charge in [-0.25, -0.2) is 9.78 Å². The normalized spacial score (nSPS) is 18.1. The predicted octanol–water partition coefficient (Wildman–Crippen LogP) is 4.61. The van der Waals surface area contributed by atoms with Crippen LogP contribution >= 0.6 is 11.3 Å². The molecule has 1 fully saturated rings. The van der Waals surface area contributed by atoms with Gasteiger partial charge >= 0.3 is 6.09 Å². The number of hydrogen-bond acceptors (Lipinski definition) is 7. The molecule has 0 aliphatic carbocycles. The Morgan fingerprint density at radius 2 is 1.89 bits per heavy atom. The zero-order valence-electron chi connectivity index (χ0n) is 20.2. The Balaban J connectivity index is 1.25. The highest BCUT2D eigenvalue weighted by Crippen LogP contribution is 2.33. The van der Waals surface area contributed by atoms with Crippen LogP contribution in [-0.2, 0) is 4.74 Å². The molecule has 2 aromatic carbocycles. The number of nitrogens with zero attached hydrogens (tertiary/aromatic N) is 3. The molecule has 2 amide bonds. The fourth-order valence-corrected chi connectivity index (χ4v) is 5.39. The minimum Gasteiger partial charge on any atom is -0.493 e. The predicted molar refractivity (Wildman–Crippen MR) is 136 cm³/mol. The van der Waals surface area contributed by atoms with Crippen LogP contribution in [0.5, 0.6) is 5.75 Å². The van der Waals surface area contributed by atoms with Crippen molar-refractivity contribution in [3.05, 3.63) is 53.6 Å². The number of ether oxygens (including phenoxy) is 2. The van der Waals surface area contributed by atoms with Gasteiger partial charge in [-0.3, -0.25) is 4.79 Å². The maximum Gasteiger partial charge on any atom is 0.410 e. The number of aromatic nitrogens is 1. The van der Waals surface area contributed by atoms with Gasteiger partial charge in [-0.15, -0.1) is 0 Å². The van der Waals surface area contributed by atoms with E-state index in [4.69, 9.17) is 14.5 Å². The van der Waals surface area contributed by atoms with Crippen LogP contribution < -0.4 is 15.0 Å². The Morgan fingerprint density at radius 1 is 1.11 bits per heavy atom. The van der Waals surface area contributed by atoms with E-state index in [1.165, 1.54) is 0 Å². The summed E-state index contributed by atoms with van der Waals surface area (Å²) in [6, 6.07) is 13.4. The van der Waals surface area contributed by atoms with Crippen molar-refractivity contribution in [1.82, 2.24) is 15.2 Å². The van der Waals surface area contributed by atoms with E-state index in [1.54, 1.807) is 16.2 Å². The van der Waals surface area contributed by atoms with Crippen LogP contribution in [0.1, 0.15) is 49.2 Å². The first-order valence-corrected chi connectivity index (χ1v) is 12.7. The Kier molecular flexibility index (Phi) is 6.27. The molecule has 0 bridgehead atoms. The summed E-state index contributed by atoms with van der Waals surface area (Å²) in [5.41, 5.74) is 2.00. The largest absolute Gasteiger partial charge is 0.493 e. The van der Waals surface area contributed by atoms with E-state index in [1.807, 2.05) is 63.2 Å². The van der Waals surface area contributed by atoms with Crippen molar-refractivity contribution >= 4 is 38.7 Å². The van der Waals surface area contributed by atoms with Crippen LogP contribution in [0.3, 0.4) is 0 Å². The number of hydrogen-bond donors (Lipinski definition) is 1. The number of benzene rings is 2. The highest BCUT2D eigenvalue weighted by molar-refractivity contribution is 7.22. The highest BCUT2D eigenvalue weighted by Gasteiger charge is 2.27. The molecule has 2 aliphatic rings. The summed E-state index contributed by atoms with van der Waals surface area (Å²) in [5.74, 6) is 0.730. The number of anilines is 1. The Morgan fingerprint density at radius 3 is 2.66 bits per heavy atom. The van der Waals surface area contributed by atoms with Crippen molar-refractivity contribution in [2.75, 3.05) is 37.7 Å². The third-order valence-electron chi connectivity index (χ3n) is 6.11. The summed E-state index contributed by atoms with van der Waals surface area (Å²) >= 11 is 1.57. The number of carbonyl (C=O) groups is 2. The molecule has 0 saturated carbocycles. The SMILES string of the molecule is CC(C)(C)OC(=O)N1CCN(c2nc3ccc(C(=O)N[C@H]4CCOc5ccccc54)cc3s2)CC1. The van der Waals surface area contributed by atoms with Crippen LogP contribution in [0.15, 0.2) is 42.5 Å². The van der Waals surface area contributed by atoms with Gasteiger partial charge in [-0.1, -0.05) is 29.5 Å². The monoisotopic (exact) mass is 494 g/mol. The highest BCUT2D eigenvalue weighted by atomic mass is 32.1. The molecule has 3 aromatic rings. The van der Waals surface area contributed by atoms with Crippen LogP contribution in [0.25, 0.3) is 10.2 Å². The second kappa shape index (κ2) is 9.37.